The molecule has 0 saturated carbocycles. The van der Waals surface area contributed by atoms with Crippen molar-refractivity contribution < 1.29 is 22.3 Å². The van der Waals surface area contributed by atoms with E-state index < -0.39 is 30.0 Å². The Kier molecular flexibility index (Phi) is 6.25. The smallest absolute Gasteiger partial charge is 0.405 e. The Labute approximate surface area is 213 Å². The standard InChI is InChI=1S/C23H25F3N8O4/c1-12-5-6-13(9-14(12)37-4)19-30-29-16(38-19)11-34-17-18(31(2)22(36)32(3)20(17)35)28-21(34)33-8-7-27-15(10-33)23(24,25)26/h5-6,9,15,27H,7-8,10-11H2,1-4H3. The average molecular weight is 534 g/mol. The fourth-order valence-electron chi connectivity index (χ4n) is 4.50. The van der Waals surface area contributed by atoms with Gasteiger partial charge in [-0.2, -0.15) is 18.2 Å². The number of methoxy groups -OCH3 is 1. The molecule has 1 aliphatic heterocycles. The number of ether oxygens (including phenoxy) is 1. The summed E-state index contributed by atoms with van der Waals surface area (Å²) in [6.07, 6.45) is -4.48. The third-order valence-corrected chi connectivity index (χ3v) is 6.60. The zero-order chi connectivity index (χ0) is 27.4. The van der Waals surface area contributed by atoms with Gasteiger partial charge in [0.25, 0.3) is 5.56 Å². The number of nitrogens with zero attached hydrogens (tertiary/aromatic N) is 7. The number of nitrogens with one attached hydrogen (secondary N) is 1. The summed E-state index contributed by atoms with van der Waals surface area (Å²) in [4.78, 5) is 31.6. The molecule has 4 heterocycles. The molecular formula is C23H25F3N8O4. The van der Waals surface area contributed by atoms with Crippen LogP contribution >= 0.6 is 0 Å². The summed E-state index contributed by atoms with van der Waals surface area (Å²) in [6, 6.07) is 3.58. The zero-order valence-corrected chi connectivity index (χ0v) is 21.0. The second-order valence-corrected chi connectivity index (χ2v) is 9.06. The molecule has 1 N–H and O–H groups in total. The zero-order valence-electron chi connectivity index (χ0n) is 21.0. The van der Waals surface area contributed by atoms with Crippen molar-refractivity contribution in [3.05, 3.63) is 50.5 Å². The van der Waals surface area contributed by atoms with Gasteiger partial charge in [0.2, 0.25) is 17.7 Å². The first-order valence-electron chi connectivity index (χ1n) is 11.7. The van der Waals surface area contributed by atoms with E-state index >= 15 is 0 Å². The van der Waals surface area contributed by atoms with Crippen molar-refractivity contribution in [1.29, 1.82) is 0 Å². The average Bonchev–Trinajstić information content (AvgIpc) is 3.51. The van der Waals surface area contributed by atoms with Crippen LogP contribution in [0.25, 0.3) is 22.6 Å². The molecule has 12 nitrogen and oxygen atoms in total. The van der Waals surface area contributed by atoms with Crippen LogP contribution in [-0.4, -0.2) is 67.8 Å². The van der Waals surface area contributed by atoms with Crippen molar-refractivity contribution in [2.45, 2.75) is 25.7 Å². The van der Waals surface area contributed by atoms with Crippen LogP contribution in [-0.2, 0) is 20.6 Å². The molecule has 0 bridgehead atoms. The fraction of sp³-hybridized carbons (Fsp3) is 0.435. The van der Waals surface area contributed by atoms with E-state index in [1.54, 1.807) is 19.2 Å². The number of rotatable bonds is 5. The quantitative estimate of drug-likeness (QED) is 0.402. The number of alkyl halides is 3. The molecule has 0 spiro atoms. The molecule has 1 atom stereocenters. The molecule has 1 saturated heterocycles. The van der Waals surface area contributed by atoms with Gasteiger partial charge < -0.3 is 19.4 Å². The summed E-state index contributed by atoms with van der Waals surface area (Å²) >= 11 is 0. The van der Waals surface area contributed by atoms with E-state index in [2.05, 4.69) is 20.5 Å². The first-order valence-corrected chi connectivity index (χ1v) is 11.7. The lowest BCUT2D eigenvalue weighted by Gasteiger charge is -2.35. The van der Waals surface area contributed by atoms with Crippen molar-refractivity contribution in [3.63, 3.8) is 0 Å². The summed E-state index contributed by atoms with van der Waals surface area (Å²) < 4.78 is 55.2. The van der Waals surface area contributed by atoms with Crippen molar-refractivity contribution in [1.82, 2.24) is 34.2 Å². The van der Waals surface area contributed by atoms with Crippen molar-refractivity contribution in [2.75, 3.05) is 31.6 Å². The molecule has 15 heteroatoms. The summed E-state index contributed by atoms with van der Waals surface area (Å²) in [6.45, 7) is 1.54. The number of benzene rings is 1. The van der Waals surface area contributed by atoms with Crippen LogP contribution in [0.4, 0.5) is 19.1 Å². The first kappa shape index (κ1) is 25.5. The molecule has 1 aliphatic rings. The molecule has 1 unspecified atom stereocenters. The lowest BCUT2D eigenvalue weighted by atomic mass is 10.1. The number of hydrogen-bond acceptors (Lipinski definition) is 9. The SMILES string of the molecule is COc1cc(-c2nnc(Cn3c(N4CCNC(C(F)(F)F)C4)nc4c3c(=O)n(C)c(=O)n4C)o2)ccc1C. The van der Waals surface area contributed by atoms with Gasteiger partial charge in [0.1, 0.15) is 18.3 Å². The highest BCUT2D eigenvalue weighted by atomic mass is 19.4. The van der Waals surface area contributed by atoms with Crippen LogP contribution in [0.15, 0.2) is 32.2 Å². The first-order chi connectivity index (χ1) is 18.0. The minimum Gasteiger partial charge on any atom is -0.496 e. The van der Waals surface area contributed by atoms with E-state index in [9.17, 15) is 22.8 Å². The predicted molar refractivity (Wildman–Crippen MR) is 130 cm³/mol. The number of anilines is 1. The maximum absolute atomic E-state index is 13.5. The molecule has 0 radical (unpaired) electrons. The number of piperazine rings is 1. The Bertz CT molecular complexity index is 1630. The van der Waals surface area contributed by atoms with Gasteiger partial charge in [-0.3, -0.25) is 18.5 Å². The molecule has 0 aliphatic carbocycles. The van der Waals surface area contributed by atoms with Crippen molar-refractivity contribution in [3.8, 4) is 17.2 Å². The molecule has 1 aromatic carbocycles. The third kappa shape index (κ3) is 4.31. The Morgan fingerprint density at radius 2 is 1.95 bits per heavy atom. The van der Waals surface area contributed by atoms with Crippen LogP contribution in [0.3, 0.4) is 0 Å². The molecule has 4 aromatic rings. The number of halogens is 3. The molecule has 3 aromatic heterocycles. The Hall–Kier alpha value is -4.14. The highest BCUT2D eigenvalue weighted by molar-refractivity contribution is 5.74. The predicted octanol–water partition coefficient (Wildman–Crippen LogP) is 1.19. The normalized spacial score (nSPS) is 16.4. The van der Waals surface area contributed by atoms with E-state index in [1.165, 1.54) is 28.1 Å². The molecule has 202 valence electrons. The van der Waals surface area contributed by atoms with Crippen molar-refractivity contribution in [2.24, 2.45) is 14.1 Å². The van der Waals surface area contributed by atoms with Crippen LogP contribution in [0.1, 0.15) is 11.5 Å². The number of aryl methyl sites for hydroxylation is 2. The number of hydrogen-bond donors (Lipinski definition) is 1. The second-order valence-electron chi connectivity index (χ2n) is 9.06. The molecule has 1 fully saturated rings. The van der Waals surface area contributed by atoms with Crippen LogP contribution in [0.5, 0.6) is 5.75 Å². The van der Waals surface area contributed by atoms with E-state index in [0.29, 0.717) is 11.3 Å². The van der Waals surface area contributed by atoms with E-state index in [1.807, 2.05) is 13.0 Å². The molecule has 5 rings (SSSR count). The lowest BCUT2D eigenvalue weighted by molar-refractivity contribution is -0.155. The van der Waals surface area contributed by atoms with Gasteiger partial charge in [-0.25, -0.2) is 4.79 Å². The highest BCUT2D eigenvalue weighted by Gasteiger charge is 2.43. The molecule has 38 heavy (non-hydrogen) atoms. The van der Waals surface area contributed by atoms with Crippen molar-refractivity contribution >= 4 is 17.1 Å². The summed E-state index contributed by atoms with van der Waals surface area (Å²) in [7, 11) is 4.31. The minimum absolute atomic E-state index is 0.0310. The topological polar surface area (TPSA) is 125 Å². The van der Waals surface area contributed by atoms with Crippen LogP contribution in [0.2, 0.25) is 0 Å². The summed E-state index contributed by atoms with van der Waals surface area (Å²) in [5.41, 5.74) is 0.338. The second kappa shape index (κ2) is 9.31. The Morgan fingerprint density at radius 1 is 1.18 bits per heavy atom. The van der Waals surface area contributed by atoms with Gasteiger partial charge in [-0.05, 0) is 24.6 Å². The minimum atomic E-state index is -4.48. The number of fused-ring (bicyclic) bond motifs is 1. The molecule has 0 amide bonds. The molecular weight excluding hydrogens is 509 g/mol. The van der Waals surface area contributed by atoms with Gasteiger partial charge in [-0.15, -0.1) is 10.2 Å². The fourth-order valence-corrected chi connectivity index (χ4v) is 4.50. The van der Waals surface area contributed by atoms with Gasteiger partial charge in [0.15, 0.2) is 11.2 Å². The maximum atomic E-state index is 13.5. The van der Waals surface area contributed by atoms with E-state index in [0.717, 1.165) is 10.1 Å². The monoisotopic (exact) mass is 534 g/mol. The van der Waals surface area contributed by atoms with E-state index in [4.69, 9.17) is 9.15 Å². The highest BCUT2D eigenvalue weighted by Crippen LogP contribution is 2.29. The largest absolute Gasteiger partial charge is 0.496 e. The van der Waals surface area contributed by atoms with Gasteiger partial charge in [-0.1, -0.05) is 6.07 Å². The number of imidazole rings is 1. The van der Waals surface area contributed by atoms with Gasteiger partial charge >= 0.3 is 11.9 Å². The van der Waals surface area contributed by atoms with E-state index in [-0.39, 0.29) is 48.5 Å². The summed E-state index contributed by atoms with van der Waals surface area (Å²) in [5.74, 6) is 1.01. The lowest BCUT2D eigenvalue weighted by Crippen LogP contribution is -2.57. The van der Waals surface area contributed by atoms with Gasteiger partial charge in [0, 0.05) is 39.3 Å². The third-order valence-electron chi connectivity index (χ3n) is 6.60. The van der Waals surface area contributed by atoms with Crippen LogP contribution < -0.4 is 26.2 Å². The maximum Gasteiger partial charge on any atom is 0.405 e. The van der Waals surface area contributed by atoms with Crippen LogP contribution in [0, 0.1) is 6.92 Å². The Morgan fingerprint density at radius 3 is 2.66 bits per heavy atom. The van der Waals surface area contributed by atoms with Gasteiger partial charge in [0.05, 0.1) is 7.11 Å². The Balaban J connectivity index is 1.61. The number of aromatic nitrogens is 6. The summed E-state index contributed by atoms with van der Waals surface area (Å²) in [5, 5.41) is 10.6.